The quantitative estimate of drug-likeness (QED) is 0.359. The average molecular weight is 500 g/mol. The van der Waals surface area contributed by atoms with E-state index in [1.807, 2.05) is 60.4 Å². The number of aromatic nitrogens is 2. The number of ether oxygens (including phenoxy) is 4. The van der Waals surface area contributed by atoms with Crippen LogP contribution in [0, 0.1) is 6.92 Å². The van der Waals surface area contributed by atoms with Crippen molar-refractivity contribution in [1.82, 2.24) is 14.7 Å². The third kappa shape index (κ3) is 7.70. The van der Waals surface area contributed by atoms with Crippen LogP contribution in [0.25, 0.3) is 0 Å². The lowest BCUT2D eigenvalue weighted by Crippen LogP contribution is -2.50. The molecule has 4 rings (SSSR count). The van der Waals surface area contributed by atoms with Gasteiger partial charge < -0.3 is 18.9 Å². The lowest BCUT2D eigenvalue weighted by molar-refractivity contribution is -0.0925. The molecule has 1 fully saturated rings. The van der Waals surface area contributed by atoms with E-state index in [0.29, 0.717) is 38.0 Å². The minimum absolute atomic E-state index is 0.374. The van der Waals surface area contributed by atoms with E-state index in [1.54, 1.807) is 7.11 Å². The van der Waals surface area contributed by atoms with Gasteiger partial charge >= 0.3 is 0 Å². The van der Waals surface area contributed by atoms with Gasteiger partial charge in [0.2, 0.25) is 0 Å². The molecule has 188 valence electrons. The normalized spacial score (nSPS) is 18.8. The van der Waals surface area contributed by atoms with Crippen LogP contribution in [0.1, 0.15) is 17.5 Å². The maximum atomic E-state index is 6.10. The number of rotatable bonds is 11. The molecule has 0 amide bonds. The number of halogens is 1. The van der Waals surface area contributed by atoms with Crippen LogP contribution in [0.4, 0.5) is 0 Å². The number of nitrogens with zero attached hydrogens (tertiary/aromatic N) is 3. The Hall–Kier alpha value is -2.58. The van der Waals surface area contributed by atoms with Crippen LogP contribution in [0.5, 0.6) is 11.5 Å². The Balaban J connectivity index is 1.31. The summed E-state index contributed by atoms with van der Waals surface area (Å²) >= 11 is 6.10. The van der Waals surface area contributed by atoms with Gasteiger partial charge in [-0.3, -0.25) is 9.58 Å². The van der Waals surface area contributed by atoms with Crippen molar-refractivity contribution in [3.8, 4) is 11.5 Å². The minimum Gasteiger partial charge on any atom is -0.494 e. The van der Waals surface area contributed by atoms with E-state index < -0.39 is 5.60 Å². The van der Waals surface area contributed by atoms with Crippen LogP contribution in [0.2, 0.25) is 5.02 Å². The van der Waals surface area contributed by atoms with E-state index >= 15 is 0 Å². The topological polar surface area (TPSA) is 58.0 Å². The largest absolute Gasteiger partial charge is 0.494 e. The standard InChI is InChI=1S/C27H34ClN3O4/c1-22-16-29-31(17-22)10-5-12-34-25-8-3-6-23(14-25)18-30-11-13-33-20-27(19-30,32-2)21-35-26-9-4-7-24(28)15-26/h3-4,6-9,14-17H,5,10-13,18-21H2,1-2H3. The molecule has 35 heavy (non-hydrogen) atoms. The highest BCUT2D eigenvalue weighted by molar-refractivity contribution is 6.30. The zero-order valence-corrected chi connectivity index (χ0v) is 21.2. The van der Waals surface area contributed by atoms with Gasteiger partial charge in [-0.05, 0) is 48.4 Å². The SMILES string of the molecule is COC1(COc2cccc(Cl)c2)COCCN(Cc2cccc(OCCCn3cc(C)cn3)c2)C1. The van der Waals surface area contributed by atoms with Crippen molar-refractivity contribution in [3.63, 3.8) is 0 Å². The first-order chi connectivity index (χ1) is 17.0. The van der Waals surface area contributed by atoms with E-state index in [2.05, 4.69) is 22.1 Å². The Morgan fingerprint density at radius 2 is 1.94 bits per heavy atom. The van der Waals surface area contributed by atoms with Crippen molar-refractivity contribution >= 4 is 11.6 Å². The zero-order valence-electron chi connectivity index (χ0n) is 20.5. The summed E-state index contributed by atoms with van der Waals surface area (Å²) in [5.41, 5.74) is 1.79. The Morgan fingerprint density at radius 1 is 1.11 bits per heavy atom. The summed E-state index contributed by atoms with van der Waals surface area (Å²) in [6, 6.07) is 15.7. The smallest absolute Gasteiger partial charge is 0.137 e. The fourth-order valence-electron chi connectivity index (χ4n) is 4.16. The highest BCUT2D eigenvalue weighted by atomic mass is 35.5. The first kappa shape index (κ1) is 25.5. The molecule has 0 N–H and O–H groups in total. The van der Waals surface area contributed by atoms with Crippen LogP contribution in [0.3, 0.4) is 0 Å². The third-order valence-corrected chi connectivity index (χ3v) is 6.26. The minimum atomic E-state index is -0.572. The average Bonchev–Trinajstić information content (AvgIpc) is 3.16. The van der Waals surface area contributed by atoms with Gasteiger partial charge in [0.1, 0.15) is 23.7 Å². The maximum Gasteiger partial charge on any atom is 0.137 e. The number of hydrogen-bond donors (Lipinski definition) is 0. The second-order valence-corrected chi connectivity index (χ2v) is 9.46. The molecule has 8 heteroatoms. The van der Waals surface area contributed by atoms with E-state index in [1.165, 1.54) is 11.1 Å². The van der Waals surface area contributed by atoms with E-state index in [9.17, 15) is 0 Å². The van der Waals surface area contributed by atoms with Gasteiger partial charge in [-0.1, -0.05) is 29.8 Å². The molecular formula is C27H34ClN3O4. The highest BCUT2D eigenvalue weighted by Gasteiger charge is 2.36. The summed E-state index contributed by atoms with van der Waals surface area (Å²) in [6.45, 7) is 7.31. The Labute approximate surface area is 212 Å². The number of methoxy groups -OCH3 is 1. The van der Waals surface area contributed by atoms with Gasteiger partial charge in [-0.15, -0.1) is 0 Å². The van der Waals surface area contributed by atoms with Crippen LogP contribution < -0.4 is 9.47 Å². The number of hydrogen-bond acceptors (Lipinski definition) is 6. The molecule has 2 aromatic carbocycles. The molecule has 1 aliphatic rings. The summed E-state index contributed by atoms with van der Waals surface area (Å²) in [7, 11) is 1.72. The Bertz CT molecular complexity index is 1080. The van der Waals surface area contributed by atoms with Gasteiger partial charge in [-0.25, -0.2) is 0 Å². The summed E-state index contributed by atoms with van der Waals surface area (Å²) in [6.07, 6.45) is 4.82. The van der Waals surface area contributed by atoms with Crippen molar-refractivity contribution < 1.29 is 18.9 Å². The summed E-state index contributed by atoms with van der Waals surface area (Å²) in [4.78, 5) is 2.34. The summed E-state index contributed by atoms with van der Waals surface area (Å²) < 4.78 is 25.9. The molecule has 0 saturated carbocycles. The summed E-state index contributed by atoms with van der Waals surface area (Å²) in [5.74, 6) is 1.60. The molecule has 1 saturated heterocycles. The molecule has 1 aliphatic heterocycles. The molecule has 3 aromatic rings. The Morgan fingerprint density at radius 3 is 2.71 bits per heavy atom. The van der Waals surface area contributed by atoms with Crippen LogP contribution >= 0.6 is 11.6 Å². The van der Waals surface area contributed by atoms with Gasteiger partial charge in [0.05, 0.1) is 26.0 Å². The van der Waals surface area contributed by atoms with Gasteiger partial charge in [-0.2, -0.15) is 5.10 Å². The van der Waals surface area contributed by atoms with Gasteiger partial charge in [0.25, 0.3) is 0 Å². The van der Waals surface area contributed by atoms with Crippen LogP contribution in [-0.4, -0.2) is 66.9 Å². The van der Waals surface area contributed by atoms with Gasteiger partial charge in [0.15, 0.2) is 0 Å². The van der Waals surface area contributed by atoms with Crippen molar-refractivity contribution in [2.24, 2.45) is 0 Å². The molecule has 0 spiro atoms. The van der Waals surface area contributed by atoms with Crippen molar-refractivity contribution in [2.45, 2.75) is 32.0 Å². The molecular weight excluding hydrogens is 466 g/mol. The molecule has 0 aliphatic carbocycles. The second-order valence-electron chi connectivity index (χ2n) is 9.03. The van der Waals surface area contributed by atoms with Crippen molar-refractivity contribution in [2.75, 3.05) is 46.6 Å². The van der Waals surface area contributed by atoms with E-state index in [4.69, 9.17) is 30.5 Å². The first-order valence-electron chi connectivity index (χ1n) is 12.0. The van der Waals surface area contributed by atoms with Crippen molar-refractivity contribution in [3.05, 3.63) is 77.1 Å². The van der Waals surface area contributed by atoms with E-state index in [-0.39, 0.29) is 0 Å². The molecule has 1 atom stereocenters. The lowest BCUT2D eigenvalue weighted by atomic mass is 10.1. The van der Waals surface area contributed by atoms with E-state index in [0.717, 1.165) is 37.6 Å². The molecule has 0 bridgehead atoms. The molecule has 1 aromatic heterocycles. The van der Waals surface area contributed by atoms with Crippen molar-refractivity contribution in [1.29, 1.82) is 0 Å². The summed E-state index contributed by atoms with van der Waals surface area (Å²) in [5, 5.41) is 4.97. The highest BCUT2D eigenvalue weighted by Crippen LogP contribution is 2.23. The molecule has 2 heterocycles. The third-order valence-electron chi connectivity index (χ3n) is 6.03. The predicted octanol–water partition coefficient (Wildman–Crippen LogP) is 4.61. The van der Waals surface area contributed by atoms with Crippen LogP contribution in [-0.2, 0) is 22.6 Å². The number of benzene rings is 2. The Kier molecular flexibility index (Phi) is 9.04. The number of aryl methyl sites for hydroxylation is 2. The second kappa shape index (κ2) is 12.4. The molecule has 0 radical (unpaired) electrons. The zero-order chi connectivity index (χ0) is 24.5. The predicted molar refractivity (Wildman–Crippen MR) is 136 cm³/mol. The lowest BCUT2D eigenvalue weighted by Gasteiger charge is -2.34. The molecule has 7 nitrogen and oxygen atoms in total. The molecule has 1 unspecified atom stereocenters. The monoisotopic (exact) mass is 499 g/mol. The fourth-order valence-corrected chi connectivity index (χ4v) is 4.34. The van der Waals surface area contributed by atoms with Gasteiger partial charge in [0, 0.05) is 50.9 Å². The fraction of sp³-hybridized carbons (Fsp3) is 0.444. The maximum absolute atomic E-state index is 6.10. The van der Waals surface area contributed by atoms with Crippen LogP contribution in [0.15, 0.2) is 60.9 Å². The first-order valence-corrected chi connectivity index (χ1v) is 12.4.